The minimum absolute atomic E-state index is 0.0340. The standard InChI is InChI=1S/C15H20N4O2/c1-3-19(4-2)10-9-16-13-11-7-5-6-8-12(11)17-18-14(13)15(20)21/h5-8H,3-4,9-10H2,1-2H3,(H,16,17)(H,20,21). The van der Waals surface area contributed by atoms with Gasteiger partial charge in [0.15, 0.2) is 5.69 Å². The van der Waals surface area contributed by atoms with Gasteiger partial charge in [0.05, 0.1) is 11.2 Å². The van der Waals surface area contributed by atoms with Crippen LogP contribution < -0.4 is 5.32 Å². The molecule has 0 radical (unpaired) electrons. The molecule has 1 heterocycles. The largest absolute Gasteiger partial charge is 0.476 e. The second-order valence-corrected chi connectivity index (χ2v) is 4.70. The zero-order valence-corrected chi connectivity index (χ0v) is 12.3. The van der Waals surface area contributed by atoms with Crippen molar-refractivity contribution in [2.24, 2.45) is 0 Å². The highest BCUT2D eigenvalue weighted by atomic mass is 16.4. The van der Waals surface area contributed by atoms with Crippen molar-refractivity contribution in [2.75, 3.05) is 31.5 Å². The fraction of sp³-hybridized carbons (Fsp3) is 0.400. The molecule has 0 aliphatic heterocycles. The van der Waals surface area contributed by atoms with E-state index in [1.54, 1.807) is 0 Å². The number of rotatable bonds is 7. The predicted molar refractivity (Wildman–Crippen MR) is 82.8 cm³/mol. The Morgan fingerprint density at radius 2 is 1.95 bits per heavy atom. The lowest BCUT2D eigenvalue weighted by atomic mass is 10.1. The molecule has 112 valence electrons. The lowest BCUT2D eigenvalue weighted by Crippen LogP contribution is -2.29. The SMILES string of the molecule is CCN(CC)CCNc1c(C(=O)O)nnc2ccccc12. The van der Waals surface area contributed by atoms with Crippen LogP contribution in [0.25, 0.3) is 10.9 Å². The van der Waals surface area contributed by atoms with E-state index in [1.165, 1.54) is 0 Å². The maximum absolute atomic E-state index is 11.3. The Kier molecular flexibility index (Phi) is 5.05. The lowest BCUT2D eigenvalue weighted by Gasteiger charge is -2.19. The van der Waals surface area contributed by atoms with E-state index in [9.17, 15) is 9.90 Å². The Bertz CT molecular complexity index is 626. The van der Waals surface area contributed by atoms with Crippen molar-refractivity contribution < 1.29 is 9.90 Å². The van der Waals surface area contributed by atoms with E-state index in [1.807, 2.05) is 24.3 Å². The molecule has 0 saturated carbocycles. The highest BCUT2D eigenvalue weighted by Gasteiger charge is 2.16. The van der Waals surface area contributed by atoms with Gasteiger partial charge in [0, 0.05) is 18.5 Å². The normalized spacial score (nSPS) is 11.0. The van der Waals surface area contributed by atoms with Crippen LogP contribution in [0.5, 0.6) is 0 Å². The van der Waals surface area contributed by atoms with Gasteiger partial charge in [0.25, 0.3) is 0 Å². The van der Waals surface area contributed by atoms with Crippen LogP contribution >= 0.6 is 0 Å². The molecule has 2 N–H and O–H groups in total. The lowest BCUT2D eigenvalue weighted by molar-refractivity contribution is 0.0690. The molecule has 0 bridgehead atoms. The van der Waals surface area contributed by atoms with Gasteiger partial charge < -0.3 is 15.3 Å². The first-order valence-electron chi connectivity index (χ1n) is 7.12. The molecule has 1 aromatic heterocycles. The average molecular weight is 288 g/mol. The third kappa shape index (κ3) is 3.46. The third-order valence-electron chi connectivity index (χ3n) is 3.49. The van der Waals surface area contributed by atoms with Gasteiger partial charge in [-0.2, -0.15) is 0 Å². The third-order valence-corrected chi connectivity index (χ3v) is 3.49. The van der Waals surface area contributed by atoms with E-state index in [4.69, 9.17) is 0 Å². The predicted octanol–water partition coefficient (Wildman–Crippen LogP) is 2.08. The summed E-state index contributed by atoms with van der Waals surface area (Å²) in [4.78, 5) is 13.6. The fourth-order valence-corrected chi connectivity index (χ4v) is 2.26. The van der Waals surface area contributed by atoms with Gasteiger partial charge in [-0.05, 0) is 19.2 Å². The number of carboxylic acid groups (broad SMARTS) is 1. The molecular formula is C15H20N4O2. The summed E-state index contributed by atoms with van der Waals surface area (Å²) < 4.78 is 0. The smallest absolute Gasteiger partial charge is 0.358 e. The average Bonchev–Trinajstić information content (AvgIpc) is 2.51. The summed E-state index contributed by atoms with van der Waals surface area (Å²) in [6.45, 7) is 7.67. The van der Waals surface area contributed by atoms with E-state index in [0.29, 0.717) is 17.7 Å². The van der Waals surface area contributed by atoms with Crippen molar-refractivity contribution in [3.63, 3.8) is 0 Å². The number of aromatic carboxylic acids is 1. The van der Waals surface area contributed by atoms with Crippen LogP contribution in [-0.2, 0) is 0 Å². The highest BCUT2D eigenvalue weighted by molar-refractivity contribution is 6.02. The van der Waals surface area contributed by atoms with Crippen LogP contribution in [0, 0.1) is 0 Å². The van der Waals surface area contributed by atoms with Gasteiger partial charge in [0.2, 0.25) is 0 Å². The van der Waals surface area contributed by atoms with E-state index < -0.39 is 5.97 Å². The van der Waals surface area contributed by atoms with Gasteiger partial charge in [0.1, 0.15) is 0 Å². The van der Waals surface area contributed by atoms with Gasteiger partial charge in [-0.25, -0.2) is 4.79 Å². The number of aromatic nitrogens is 2. The molecule has 0 atom stereocenters. The van der Waals surface area contributed by atoms with E-state index in [0.717, 1.165) is 25.0 Å². The molecule has 0 aliphatic rings. The Labute approximate surface area is 123 Å². The van der Waals surface area contributed by atoms with Crippen molar-refractivity contribution >= 4 is 22.6 Å². The second-order valence-electron chi connectivity index (χ2n) is 4.70. The number of hydrogen-bond acceptors (Lipinski definition) is 5. The van der Waals surface area contributed by atoms with E-state index in [-0.39, 0.29) is 5.69 Å². The van der Waals surface area contributed by atoms with Gasteiger partial charge in [-0.3, -0.25) is 0 Å². The molecule has 2 aromatic rings. The first-order chi connectivity index (χ1) is 10.2. The summed E-state index contributed by atoms with van der Waals surface area (Å²) in [5.74, 6) is -1.07. The Morgan fingerprint density at radius 3 is 2.62 bits per heavy atom. The quantitative estimate of drug-likeness (QED) is 0.812. The highest BCUT2D eigenvalue weighted by Crippen LogP contribution is 2.24. The minimum atomic E-state index is -1.07. The second kappa shape index (κ2) is 6.99. The number of carbonyl (C=O) groups is 1. The summed E-state index contributed by atoms with van der Waals surface area (Å²) in [6, 6.07) is 7.40. The number of likely N-dealkylation sites (N-methyl/N-ethyl adjacent to an activating group) is 1. The Hall–Kier alpha value is -2.21. The summed E-state index contributed by atoms with van der Waals surface area (Å²) in [7, 11) is 0. The van der Waals surface area contributed by atoms with Crippen molar-refractivity contribution in [1.82, 2.24) is 15.1 Å². The monoisotopic (exact) mass is 288 g/mol. The summed E-state index contributed by atoms with van der Waals surface area (Å²) in [6.07, 6.45) is 0. The van der Waals surface area contributed by atoms with Gasteiger partial charge in [-0.1, -0.05) is 32.0 Å². The first-order valence-corrected chi connectivity index (χ1v) is 7.12. The fourth-order valence-electron chi connectivity index (χ4n) is 2.26. The van der Waals surface area contributed by atoms with Crippen LogP contribution in [0.2, 0.25) is 0 Å². The summed E-state index contributed by atoms with van der Waals surface area (Å²) in [5, 5.41) is 21.0. The summed E-state index contributed by atoms with van der Waals surface area (Å²) in [5.41, 5.74) is 1.20. The van der Waals surface area contributed by atoms with Crippen LogP contribution in [0.15, 0.2) is 24.3 Å². The molecule has 6 nitrogen and oxygen atoms in total. The minimum Gasteiger partial charge on any atom is -0.476 e. The van der Waals surface area contributed by atoms with Crippen molar-refractivity contribution in [2.45, 2.75) is 13.8 Å². The van der Waals surface area contributed by atoms with Crippen molar-refractivity contribution in [3.05, 3.63) is 30.0 Å². The molecule has 0 aliphatic carbocycles. The molecule has 1 aromatic carbocycles. The molecule has 0 spiro atoms. The van der Waals surface area contributed by atoms with E-state index >= 15 is 0 Å². The number of fused-ring (bicyclic) bond motifs is 1. The van der Waals surface area contributed by atoms with Gasteiger partial charge >= 0.3 is 5.97 Å². The molecule has 0 amide bonds. The Balaban J connectivity index is 2.27. The van der Waals surface area contributed by atoms with E-state index in [2.05, 4.69) is 34.3 Å². The van der Waals surface area contributed by atoms with Crippen LogP contribution in [0.3, 0.4) is 0 Å². The van der Waals surface area contributed by atoms with Crippen LogP contribution in [0.4, 0.5) is 5.69 Å². The summed E-state index contributed by atoms with van der Waals surface area (Å²) >= 11 is 0. The number of benzene rings is 1. The maximum Gasteiger partial charge on any atom is 0.358 e. The Morgan fingerprint density at radius 1 is 1.24 bits per heavy atom. The van der Waals surface area contributed by atoms with Crippen LogP contribution in [-0.4, -0.2) is 52.4 Å². The van der Waals surface area contributed by atoms with Crippen LogP contribution in [0.1, 0.15) is 24.3 Å². The molecule has 0 fully saturated rings. The number of hydrogen-bond donors (Lipinski definition) is 2. The molecule has 21 heavy (non-hydrogen) atoms. The molecule has 6 heteroatoms. The zero-order chi connectivity index (χ0) is 15.2. The topological polar surface area (TPSA) is 78.4 Å². The molecular weight excluding hydrogens is 268 g/mol. The maximum atomic E-state index is 11.3. The molecule has 0 unspecified atom stereocenters. The number of nitrogens with zero attached hydrogens (tertiary/aromatic N) is 3. The van der Waals surface area contributed by atoms with Crippen molar-refractivity contribution in [3.8, 4) is 0 Å². The number of anilines is 1. The number of carboxylic acids is 1. The number of nitrogens with one attached hydrogen (secondary N) is 1. The van der Waals surface area contributed by atoms with Crippen molar-refractivity contribution in [1.29, 1.82) is 0 Å². The first kappa shape index (κ1) is 15.2. The molecule has 2 rings (SSSR count). The zero-order valence-electron chi connectivity index (χ0n) is 12.3. The van der Waals surface area contributed by atoms with Gasteiger partial charge in [-0.15, -0.1) is 10.2 Å². The molecule has 0 saturated heterocycles.